The van der Waals surface area contributed by atoms with Crippen LogP contribution in [0.2, 0.25) is 10.0 Å². The number of piperidine rings is 1. The molecule has 116 valence electrons. The first-order valence-electron chi connectivity index (χ1n) is 8.15. The van der Waals surface area contributed by atoms with Crippen LogP contribution in [0, 0.1) is 0 Å². The Morgan fingerprint density at radius 3 is 2.38 bits per heavy atom. The third kappa shape index (κ3) is 3.73. The molecule has 1 N–H and O–H groups in total. The summed E-state index contributed by atoms with van der Waals surface area (Å²) in [5.74, 6) is 0. The molecule has 0 bridgehead atoms. The lowest BCUT2D eigenvalue weighted by molar-refractivity contribution is 0.102. The van der Waals surface area contributed by atoms with Gasteiger partial charge in [-0.15, -0.1) is 0 Å². The van der Waals surface area contributed by atoms with Gasteiger partial charge in [-0.3, -0.25) is 4.90 Å². The summed E-state index contributed by atoms with van der Waals surface area (Å²) >= 11 is 12.6. The molecule has 0 amide bonds. The van der Waals surface area contributed by atoms with Gasteiger partial charge in [0.25, 0.3) is 0 Å². The Labute approximate surface area is 137 Å². The fraction of sp³-hybridized carbons (Fsp3) is 0.647. The molecule has 0 unspecified atom stereocenters. The van der Waals surface area contributed by atoms with Crippen LogP contribution in [0.4, 0.5) is 0 Å². The predicted molar refractivity (Wildman–Crippen MR) is 90.2 cm³/mol. The van der Waals surface area contributed by atoms with Gasteiger partial charge < -0.3 is 5.32 Å². The van der Waals surface area contributed by atoms with Gasteiger partial charge in [-0.1, -0.05) is 48.2 Å². The Kier molecular flexibility index (Phi) is 5.44. The minimum Gasteiger partial charge on any atom is -0.317 e. The molecule has 1 aliphatic heterocycles. The van der Waals surface area contributed by atoms with Crippen molar-refractivity contribution >= 4 is 23.2 Å². The Hall–Kier alpha value is -0.280. The van der Waals surface area contributed by atoms with E-state index in [0.29, 0.717) is 11.1 Å². The van der Waals surface area contributed by atoms with Crippen molar-refractivity contribution in [2.45, 2.75) is 57.2 Å². The van der Waals surface area contributed by atoms with E-state index in [2.05, 4.69) is 16.3 Å². The molecule has 0 atom stereocenters. The first-order valence-corrected chi connectivity index (χ1v) is 8.90. The van der Waals surface area contributed by atoms with Crippen LogP contribution in [-0.2, 0) is 6.54 Å². The molecule has 1 aliphatic carbocycles. The molecule has 2 nitrogen and oxygen atoms in total. The Morgan fingerprint density at radius 2 is 1.67 bits per heavy atom. The van der Waals surface area contributed by atoms with Gasteiger partial charge in [0.2, 0.25) is 0 Å². The first-order chi connectivity index (χ1) is 10.3. The van der Waals surface area contributed by atoms with Gasteiger partial charge in [0, 0.05) is 18.6 Å². The minimum atomic E-state index is 0.672. The van der Waals surface area contributed by atoms with Gasteiger partial charge in [0.05, 0.1) is 10.0 Å². The van der Waals surface area contributed by atoms with Crippen molar-refractivity contribution in [2.24, 2.45) is 0 Å². The van der Waals surface area contributed by atoms with E-state index in [-0.39, 0.29) is 0 Å². The molecule has 0 radical (unpaired) electrons. The zero-order chi connectivity index (χ0) is 14.7. The summed E-state index contributed by atoms with van der Waals surface area (Å²) < 4.78 is 0. The van der Waals surface area contributed by atoms with E-state index in [9.17, 15) is 0 Å². The molecule has 1 heterocycles. The molecular formula is C17H24Cl2N2. The Bertz CT molecular complexity index is 466. The maximum absolute atomic E-state index is 6.41. The van der Waals surface area contributed by atoms with Crippen LogP contribution >= 0.6 is 23.2 Å². The third-order valence-electron chi connectivity index (χ3n) is 4.96. The predicted octanol–water partition coefficient (Wildman–Crippen LogP) is 4.49. The number of halogens is 2. The second-order valence-electron chi connectivity index (χ2n) is 6.30. The number of nitrogens with zero attached hydrogens (tertiary/aromatic N) is 1. The summed E-state index contributed by atoms with van der Waals surface area (Å²) in [5.41, 5.74) is 1.18. The van der Waals surface area contributed by atoms with Crippen LogP contribution in [0.1, 0.15) is 44.1 Å². The highest BCUT2D eigenvalue weighted by atomic mass is 35.5. The smallest absolute Gasteiger partial charge is 0.0637 e. The molecule has 0 spiro atoms. The monoisotopic (exact) mass is 326 g/mol. The third-order valence-corrected chi connectivity index (χ3v) is 5.81. The molecular weight excluding hydrogens is 303 g/mol. The summed E-state index contributed by atoms with van der Waals surface area (Å²) in [6.45, 7) is 3.21. The fourth-order valence-electron chi connectivity index (χ4n) is 3.80. The lowest BCUT2D eigenvalue weighted by Gasteiger charge is -2.39. The normalized spacial score (nSPS) is 21.3. The van der Waals surface area contributed by atoms with Crippen molar-refractivity contribution in [1.82, 2.24) is 10.2 Å². The molecule has 1 saturated carbocycles. The van der Waals surface area contributed by atoms with E-state index in [1.807, 2.05) is 12.1 Å². The topological polar surface area (TPSA) is 15.3 Å². The summed E-state index contributed by atoms with van der Waals surface area (Å²) in [6.07, 6.45) is 7.90. The highest BCUT2D eigenvalue weighted by molar-refractivity contribution is 6.42. The Morgan fingerprint density at radius 1 is 1.00 bits per heavy atom. The van der Waals surface area contributed by atoms with Gasteiger partial charge in [0.15, 0.2) is 0 Å². The number of hydrogen-bond donors (Lipinski definition) is 1. The summed E-state index contributed by atoms with van der Waals surface area (Å²) in [4.78, 5) is 2.71. The SMILES string of the molecule is Clc1cccc(CN(C2CCCC2)C2CCNCC2)c1Cl. The highest BCUT2D eigenvalue weighted by Crippen LogP contribution is 2.32. The number of nitrogens with one attached hydrogen (secondary N) is 1. The highest BCUT2D eigenvalue weighted by Gasteiger charge is 2.30. The quantitative estimate of drug-likeness (QED) is 0.876. The zero-order valence-electron chi connectivity index (χ0n) is 12.5. The maximum atomic E-state index is 6.41. The van der Waals surface area contributed by atoms with Gasteiger partial charge in [0.1, 0.15) is 0 Å². The van der Waals surface area contributed by atoms with Crippen LogP contribution in [0.15, 0.2) is 18.2 Å². The van der Waals surface area contributed by atoms with Crippen molar-refractivity contribution < 1.29 is 0 Å². The second kappa shape index (κ2) is 7.32. The van der Waals surface area contributed by atoms with E-state index >= 15 is 0 Å². The van der Waals surface area contributed by atoms with Crippen molar-refractivity contribution in [3.63, 3.8) is 0 Å². The number of rotatable bonds is 4. The van der Waals surface area contributed by atoms with Gasteiger partial charge >= 0.3 is 0 Å². The Balaban J connectivity index is 1.79. The van der Waals surface area contributed by atoms with E-state index in [1.54, 1.807) is 0 Å². The van der Waals surface area contributed by atoms with Crippen molar-refractivity contribution in [2.75, 3.05) is 13.1 Å². The van der Waals surface area contributed by atoms with Gasteiger partial charge in [-0.2, -0.15) is 0 Å². The van der Waals surface area contributed by atoms with Crippen LogP contribution in [0.5, 0.6) is 0 Å². The van der Waals surface area contributed by atoms with E-state index < -0.39 is 0 Å². The first kappa shape index (κ1) is 15.6. The standard InChI is InChI=1S/C17H24Cl2N2/c18-16-7-3-4-13(17(16)19)12-21(14-5-1-2-6-14)15-8-10-20-11-9-15/h3-4,7,14-15,20H,1-2,5-6,8-12H2. The second-order valence-corrected chi connectivity index (χ2v) is 7.09. The summed E-state index contributed by atoms with van der Waals surface area (Å²) in [5, 5.41) is 4.88. The van der Waals surface area contributed by atoms with Crippen molar-refractivity contribution in [3.8, 4) is 0 Å². The average molecular weight is 327 g/mol. The summed E-state index contributed by atoms with van der Waals surface area (Å²) in [6, 6.07) is 7.42. The summed E-state index contributed by atoms with van der Waals surface area (Å²) in [7, 11) is 0. The van der Waals surface area contributed by atoms with Crippen LogP contribution in [0.25, 0.3) is 0 Å². The number of benzene rings is 1. The molecule has 21 heavy (non-hydrogen) atoms. The van der Waals surface area contributed by atoms with Crippen molar-refractivity contribution in [3.05, 3.63) is 33.8 Å². The largest absolute Gasteiger partial charge is 0.317 e. The van der Waals surface area contributed by atoms with Gasteiger partial charge in [-0.25, -0.2) is 0 Å². The molecule has 4 heteroatoms. The molecule has 1 aromatic rings. The molecule has 2 fully saturated rings. The molecule has 0 aromatic heterocycles. The number of hydrogen-bond acceptors (Lipinski definition) is 2. The average Bonchev–Trinajstić information content (AvgIpc) is 3.04. The lowest BCUT2D eigenvalue weighted by Crippen LogP contribution is -2.46. The van der Waals surface area contributed by atoms with E-state index in [0.717, 1.165) is 30.7 Å². The van der Waals surface area contributed by atoms with Gasteiger partial charge in [-0.05, 0) is 50.4 Å². The molecule has 3 rings (SSSR count). The maximum Gasteiger partial charge on any atom is 0.0637 e. The molecule has 1 aromatic carbocycles. The molecule has 2 aliphatic rings. The molecule has 1 saturated heterocycles. The lowest BCUT2D eigenvalue weighted by atomic mass is 10.0. The van der Waals surface area contributed by atoms with E-state index in [4.69, 9.17) is 23.2 Å². The fourth-order valence-corrected chi connectivity index (χ4v) is 4.18. The van der Waals surface area contributed by atoms with Crippen molar-refractivity contribution in [1.29, 1.82) is 0 Å². The van der Waals surface area contributed by atoms with Crippen LogP contribution in [0.3, 0.4) is 0 Å². The minimum absolute atomic E-state index is 0.672. The van der Waals surface area contributed by atoms with Crippen LogP contribution < -0.4 is 5.32 Å². The van der Waals surface area contributed by atoms with E-state index in [1.165, 1.54) is 44.1 Å². The zero-order valence-corrected chi connectivity index (χ0v) is 14.0. The van der Waals surface area contributed by atoms with Crippen LogP contribution in [-0.4, -0.2) is 30.1 Å².